The summed E-state index contributed by atoms with van der Waals surface area (Å²) in [6, 6.07) is 8.03. The molecule has 1 aromatic carbocycles. The summed E-state index contributed by atoms with van der Waals surface area (Å²) in [5.74, 6) is 0. The zero-order valence-corrected chi connectivity index (χ0v) is 11.7. The van der Waals surface area contributed by atoms with Crippen molar-refractivity contribution in [2.24, 2.45) is 0 Å². The fourth-order valence-corrected chi connectivity index (χ4v) is 2.23. The molecule has 2 aromatic rings. The second-order valence-corrected chi connectivity index (χ2v) is 4.85. The van der Waals surface area contributed by atoms with Gasteiger partial charge in [0.2, 0.25) is 0 Å². The van der Waals surface area contributed by atoms with Gasteiger partial charge in [0.25, 0.3) is 0 Å². The Morgan fingerprint density at radius 1 is 1.32 bits per heavy atom. The molecule has 1 aromatic heterocycles. The highest BCUT2D eigenvalue weighted by atomic mass is 32.2. The van der Waals surface area contributed by atoms with Crippen LogP contribution in [-0.2, 0) is 6.54 Å². The van der Waals surface area contributed by atoms with Crippen molar-refractivity contribution >= 4 is 17.4 Å². The largest absolute Gasteiger partial charge is 0.378 e. The lowest BCUT2D eigenvalue weighted by molar-refractivity contribution is 0.983. The molecule has 0 fully saturated rings. The maximum Gasteiger partial charge on any atom is 0.102 e. The highest BCUT2D eigenvalue weighted by Crippen LogP contribution is 2.26. The molecule has 1 N–H and O–H groups in total. The summed E-state index contributed by atoms with van der Waals surface area (Å²) >= 11 is 1.57. The zero-order valence-electron chi connectivity index (χ0n) is 10.8. The lowest BCUT2D eigenvalue weighted by atomic mass is 10.2. The lowest BCUT2D eigenvalue weighted by Crippen LogP contribution is -2.04. The third kappa shape index (κ3) is 3.24. The van der Waals surface area contributed by atoms with Crippen LogP contribution in [0, 0.1) is 18.3 Å². The van der Waals surface area contributed by atoms with E-state index >= 15 is 0 Å². The van der Waals surface area contributed by atoms with Crippen LogP contribution < -0.4 is 5.32 Å². The average molecular weight is 270 g/mol. The van der Waals surface area contributed by atoms with Crippen LogP contribution in [-0.4, -0.2) is 16.2 Å². The van der Waals surface area contributed by atoms with Crippen molar-refractivity contribution in [2.75, 3.05) is 11.6 Å². The molecule has 0 aliphatic carbocycles. The predicted octanol–water partition coefficient (Wildman–Crippen LogP) is 2.99. The van der Waals surface area contributed by atoms with E-state index in [9.17, 15) is 5.26 Å². The van der Waals surface area contributed by atoms with E-state index in [1.165, 1.54) is 0 Å². The monoisotopic (exact) mass is 270 g/mol. The molecule has 0 aliphatic heterocycles. The van der Waals surface area contributed by atoms with E-state index in [0.29, 0.717) is 12.1 Å². The van der Waals surface area contributed by atoms with Gasteiger partial charge in [-0.25, -0.2) is 0 Å². The molecule has 1 heterocycles. The van der Waals surface area contributed by atoms with Crippen LogP contribution in [0.1, 0.15) is 17.0 Å². The van der Waals surface area contributed by atoms with Gasteiger partial charge in [0.1, 0.15) is 6.07 Å². The van der Waals surface area contributed by atoms with E-state index in [4.69, 9.17) is 0 Å². The zero-order chi connectivity index (χ0) is 13.7. The van der Waals surface area contributed by atoms with Crippen molar-refractivity contribution in [3.05, 3.63) is 47.5 Å². The van der Waals surface area contributed by atoms with Crippen molar-refractivity contribution in [3.8, 4) is 6.07 Å². The van der Waals surface area contributed by atoms with Crippen molar-refractivity contribution < 1.29 is 0 Å². The van der Waals surface area contributed by atoms with E-state index in [2.05, 4.69) is 21.4 Å². The van der Waals surface area contributed by atoms with Gasteiger partial charge < -0.3 is 5.32 Å². The van der Waals surface area contributed by atoms with Gasteiger partial charge in [-0.1, -0.05) is 6.07 Å². The minimum atomic E-state index is 0.555. The van der Waals surface area contributed by atoms with E-state index in [1.54, 1.807) is 24.2 Å². The molecule has 0 spiro atoms. The van der Waals surface area contributed by atoms with E-state index in [-0.39, 0.29) is 0 Å². The number of thioether (sulfide) groups is 1. The molecule has 0 amide bonds. The third-order valence-corrected chi connectivity index (χ3v) is 3.43. The highest BCUT2D eigenvalue weighted by molar-refractivity contribution is 7.98. The first-order chi connectivity index (χ1) is 9.24. The molecular formula is C14H14N4S. The highest BCUT2D eigenvalue weighted by Gasteiger charge is 2.07. The van der Waals surface area contributed by atoms with Gasteiger partial charge in [-0.15, -0.1) is 11.8 Å². The Kier molecular flexibility index (Phi) is 4.37. The number of anilines is 1. The number of nitrogens with zero attached hydrogens (tertiary/aromatic N) is 3. The number of hydrogen-bond donors (Lipinski definition) is 1. The van der Waals surface area contributed by atoms with Crippen molar-refractivity contribution in [1.82, 2.24) is 9.97 Å². The molecule has 0 aliphatic rings. The van der Waals surface area contributed by atoms with Gasteiger partial charge in [0.15, 0.2) is 0 Å². The quantitative estimate of drug-likeness (QED) is 0.865. The molecular weight excluding hydrogens is 256 g/mol. The number of rotatable bonds is 4. The van der Waals surface area contributed by atoms with Crippen LogP contribution in [0.2, 0.25) is 0 Å². The maximum absolute atomic E-state index is 9.23. The minimum Gasteiger partial charge on any atom is -0.378 e. The average Bonchev–Trinajstić information content (AvgIpc) is 2.46. The number of nitriles is 1. The van der Waals surface area contributed by atoms with Gasteiger partial charge >= 0.3 is 0 Å². The molecule has 0 unspecified atom stereocenters. The minimum absolute atomic E-state index is 0.555. The summed E-state index contributed by atoms with van der Waals surface area (Å²) in [5.41, 5.74) is 3.25. The summed E-state index contributed by atoms with van der Waals surface area (Å²) in [6.07, 6.45) is 5.44. The Bertz CT molecular complexity index is 602. The molecule has 2 rings (SSSR count). The van der Waals surface area contributed by atoms with Gasteiger partial charge in [0, 0.05) is 11.1 Å². The first-order valence-electron chi connectivity index (χ1n) is 5.83. The van der Waals surface area contributed by atoms with Gasteiger partial charge in [-0.3, -0.25) is 9.97 Å². The first kappa shape index (κ1) is 13.4. The van der Waals surface area contributed by atoms with Gasteiger partial charge in [-0.05, 0) is 25.3 Å². The van der Waals surface area contributed by atoms with E-state index in [0.717, 1.165) is 22.0 Å². The van der Waals surface area contributed by atoms with Crippen molar-refractivity contribution in [3.63, 3.8) is 0 Å². The number of aromatic nitrogens is 2. The summed E-state index contributed by atoms with van der Waals surface area (Å²) in [7, 11) is 0. The van der Waals surface area contributed by atoms with Gasteiger partial charge in [0.05, 0.1) is 35.4 Å². The summed E-state index contributed by atoms with van der Waals surface area (Å²) in [4.78, 5) is 9.45. The smallest absolute Gasteiger partial charge is 0.102 e. The Hall–Kier alpha value is -2.06. The van der Waals surface area contributed by atoms with Crippen LogP contribution in [0.3, 0.4) is 0 Å². The van der Waals surface area contributed by atoms with Crippen LogP contribution >= 0.6 is 11.8 Å². The molecule has 19 heavy (non-hydrogen) atoms. The predicted molar refractivity (Wildman–Crippen MR) is 77.0 cm³/mol. The topological polar surface area (TPSA) is 61.6 Å². The van der Waals surface area contributed by atoms with E-state index in [1.807, 2.05) is 31.4 Å². The Morgan fingerprint density at radius 3 is 2.79 bits per heavy atom. The fraction of sp³-hybridized carbons (Fsp3) is 0.214. The third-order valence-electron chi connectivity index (χ3n) is 2.65. The Morgan fingerprint density at radius 2 is 2.16 bits per heavy atom. The second-order valence-electron chi connectivity index (χ2n) is 4.00. The maximum atomic E-state index is 9.23. The molecule has 5 heteroatoms. The Balaban J connectivity index is 2.16. The number of nitrogens with one attached hydrogen (secondary N) is 1. The second kappa shape index (κ2) is 6.21. The lowest BCUT2D eigenvalue weighted by Gasteiger charge is -2.10. The van der Waals surface area contributed by atoms with Gasteiger partial charge in [-0.2, -0.15) is 5.26 Å². The summed E-state index contributed by atoms with van der Waals surface area (Å²) < 4.78 is 0. The summed E-state index contributed by atoms with van der Waals surface area (Å²) in [5, 5.41) is 12.5. The molecule has 0 saturated heterocycles. The number of benzene rings is 1. The molecule has 96 valence electrons. The molecule has 4 nitrogen and oxygen atoms in total. The number of aryl methyl sites for hydroxylation is 1. The van der Waals surface area contributed by atoms with Crippen LogP contribution in [0.5, 0.6) is 0 Å². The number of hydrogen-bond acceptors (Lipinski definition) is 5. The fourth-order valence-electron chi connectivity index (χ4n) is 1.66. The van der Waals surface area contributed by atoms with Crippen molar-refractivity contribution in [1.29, 1.82) is 5.26 Å². The SMILES string of the molecule is CSc1cccc(NCc2cnc(C)cn2)c1C#N. The molecule has 0 bridgehead atoms. The van der Waals surface area contributed by atoms with Crippen LogP contribution in [0.4, 0.5) is 5.69 Å². The Labute approximate surface area is 116 Å². The standard InChI is InChI=1S/C14H14N4S/c1-10-7-17-11(8-16-10)9-18-13-4-3-5-14(19-2)12(13)6-15/h3-5,7-8,18H,9H2,1-2H3. The van der Waals surface area contributed by atoms with Crippen LogP contribution in [0.25, 0.3) is 0 Å². The summed E-state index contributed by atoms with van der Waals surface area (Å²) in [6.45, 7) is 2.46. The molecule has 0 saturated carbocycles. The van der Waals surface area contributed by atoms with Crippen LogP contribution in [0.15, 0.2) is 35.5 Å². The van der Waals surface area contributed by atoms with E-state index < -0.39 is 0 Å². The normalized spacial score (nSPS) is 9.95. The first-order valence-corrected chi connectivity index (χ1v) is 7.05. The molecule has 0 radical (unpaired) electrons. The molecule has 0 atom stereocenters. The van der Waals surface area contributed by atoms with Crippen molar-refractivity contribution in [2.45, 2.75) is 18.4 Å².